The number of likely N-dealkylation sites (tertiary alicyclic amines) is 1. The van der Waals surface area contributed by atoms with E-state index in [0.717, 1.165) is 52.2 Å². The van der Waals surface area contributed by atoms with Gasteiger partial charge in [-0.05, 0) is 36.0 Å². The lowest BCUT2D eigenvalue weighted by molar-refractivity contribution is 0.0718. The minimum Gasteiger partial charge on any atom is -0.338 e. The van der Waals surface area contributed by atoms with E-state index in [0.29, 0.717) is 17.3 Å². The number of piperidine rings is 1. The van der Waals surface area contributed by atoms with E-state index >= 15 is 0 Å². The summed E-state index contributed by atoms with van der Waals surface area (Å²) in [4.78, 5) is 15.4. The second kappa shape index (κ2) is 6.86. The Kier molecular flexibility index (Phi) is 4.58. The first-order valence-corrected chi connectivity index (χ1v) is 10.0. The molecule has 0 atom stereocenters. The van der Waals surface area contributed by atoms with Crippen LogP contribution in [-0.4, -0.2) is 23.9 Å². The lowest BCUT2D eigenvalue weighted by Crippen LogP contribution is -2.37. The molecule has 1 aliphatic rings. The first-order chi connectivity index (χ1) is 12.1. The van der Waals surface area contributed by atoms with Crippen molar-refractivity contribution in [1.82, 2.24) is 4.90 Å². The van der Waals surface area contributed by atoms with Crippen molar-refractivity contribution in [2.45, 2.75) is 25.3 Å². The number of carbonyl (C=O) groups excluding carboxylic acids is 1. The quantitative estimate of drug-likeness (QED) is 0.729. The van der Waals surface area contributed by atoms with Crippen molar-refractivity contribution in [3.05, 3.63) is 57.5 Å². The highest BCUT2D eigenvalue weighted by atomic mass is 32.1. The van der Waals surface area contributed by atoms with E-state index in [-0.39, 0.29) is 11.0 Å². The molecule has 0 saturated carbocycles. The van der Waals surface area contributed by atoms with Gasteiger partial charge in [0.15, 0.2) is 5.13 Å². The van der Waals surface area contributed by atoms with Gasteiger partial charge in [0.1, 0.15) is 0 Å². The van der Waals surface area contributed by atoms with E-state index in [2.05, 4.69) is 18.2 Å². The van der Waals surface area contributed by atoms with E-state index in [9.17, 15) is 9.18 Å². The summed E-state index contributed by atoms with van der Waals surface area (Å²) < 4.78 is 14.9. The summed E-state index contributed by atoms with van der Waals surface area (Å²) in [5.41, 5.74) is 8.21. The number of halogens is 1. The van der Waals surface area contributed by atoms with Gasteiger partial charge in [0.05, 0.1) is 4.88 Å². The average molecular weight is 375 g/mol. The van der Waals surface area contributed by atoms with Crippen molar-refractivity contribution in [3.63, 3.8) is 0 Å². The molecule has 3 heterocycles. The van der Waals surface area contributed by atoms with Crippen LogP contribution in [0, 0.1) is 5.13 Å². The van der Waals surface area contributed by atoms with Gasteiger partial charge >= 0.3 is 0 Å². The maximum Gasteiger partial charge on any atom is 0.263 e. The number of hydrogen-bond donors (Lipinski definition) is 1. The summed E-state index contributed by atoms with van der Waals surface area (Å²) in [6.45, 7) is 2.08. The van der Waals surface area contributed by atoms with Crippen LogP contribution in [0.3, 0.4) is 0 Å². The van der Waals surface area contributed by atoms with Crippen LogP contribution in [0.15, 0.2) is 36.4 Å². The Morgan fingerprint density at radius 1 is 1.16 bits per heavy atom. The lowest BCUT2D eigenvalue weighted by Gasteiger charge is -2.32. The Labute approximate surface area is 153 Å². The molecular weight excluding hydrogens is 355 g/mol. The minimum absolute atomic E-state index is 0.0722. The number of nitrogens with zero attached hydrogens (tertiary/aromatic N) is 1. The van der Waals surface area contributed by atoms with Crippen LogP contribution >= 0.6 is 22.7 Å². The maximum absolute atomic E-state index is 13.2. The number of rotatable bonds is 3. The summed E-state index contributed by atoms with van der Waals surface area (Å²) >= 11 is 2.49. The summed E-state index contributed by atoms with van der Waals surface area (Å²) in [6.07, 6.45) is 1.93. The largest absolute Gasteiger partial charge is 0.338 e. The number of thiophene rings is 2. The summed E-state index contributed by atoms with van der Waals surface area (Å²) in [7, 11) is 0. The SMILES string of the molecule is NCc1cccc(C2CCN(C(=O)c3cc4sc(F)cc4s3)CC2)c1. The number of hydrogen-bond acceptors (Lipinski definition) is 4. The predicted octanol–water partition coefficient (Wildman–Crippen LogP) is 4.58. The van der Waals surface area contributed by atoms with Gasteiger partial charge < -0.3 is 10.6 Å². The third-order valence-corrected chi connectivity index (χ3v) is 6.90. The second-order valence-corrected chi connectivity index (χ2v) is 8.52. The van der Waals surface area contributed by atoms with Crippen LogP contribution in [0.4, 0.5) is 4.39 Å². The third kappa shape index (κ3) is 3.34. The molecule has 0 radical (unpaired) electrons. The minimum atomic E-state index is -0.194. The molecule has 0 aliphatic carbocycles. The molecule has 2 N–H and O–H groups in total. The molecule has 4 rings (SSSR count). The van der Waals surface area contributed by atoms with Gasteiger partial charge in [-0.25, -0.2) is 0 Å². The van der Waals surface area contributed by atoms with Crippen molar-refractivity contribution >= 4 is 38.0 Å². The Balaban J connectivity index is 1.43. The normalized spacial score (nSPS) is 15.8. The Morgan fingerprint density at radius 2 is 1.92 bits per heavy atom. The molecule has 1 amide bonds. The third-order valence-electron chi connectivity index (χ3n) is 4.83. The molecule has 1 fully saturated rings. The molecule has 6 heteroatoms. The van der Waals surface area contributed by atoms with E-state index in [1.807, 2.05) is 17.0 Å². The highest BCUT2D eigenvalue weighted by Crippen LogP contribution is 2.34. The Hall–Kier alpha value is -1.76. The molecule has 25 heavy (non-hydrogen) atoms. The molecular formula is C19H19FN2OS2. The Morgan fingerprint density at radius 3 is 2.64 bits per heavy atom. The average Bonchev–Trinajstić information content (AvgIpc) is 3.18. The smallest absolute Gasteiger partial charge is 0.263 e. The highest BCUT2D eigenvalue weighted by molar-refractivity contribution is 7.28. The van der Waals surface area contributed by atoms with Crippen molar-refractivity contribution in [2.24, 2.45) is 5.73 Å². The van der Waals surface area contributed by atoms with Gasteiger partial charge in [0, 0.05) is 35.1 Å². The van der Waals surface area contributed by atoms with Crippen LogP contribution in [0.25, 0.3) is 9.40 Å². The fraction of sp³-hybridized carbons (Fsp3) is 0.316. The number of fused-ring (bicyclic) bond motifs is 1. The summed E-state index contributed by atoms with van der Waals surface area (Å²) in [5.74, 6) is 0.555. The van der Waals surface area contributed by atoms with Crippen molar-refractivity contribution in [3.8, 4) is 0 Å². The van der Waals surface area contributed by atoms with E-state index in [1.54, 1.807) is 0 Å². The number of benzene rings is 1. The molecule has 2 aromatic heterocycles. The molecule has 1 aliphatic heterocycles. The lowest BCUT2D eigenvalue weighted by atomic mass is 9.88. The highest BCUT2D eigenvalue weighted by Gasteiger charge is 2.26. The summed E-state index contributed by atoms with van der Waals surface area (Å²) in [6, 6.07) is 11.8. The monoisotopic (exact) mass is 374 g/mol. The van der Waals surface area contributed by atoms with Crippen molar-refractivity contribution < 1.29 is 9.18 Å². The molecule has 0 bridgehead atoms. The fourth-order valence-corrected chi connectivity index (χ4v) is 5.53. The zero-order valence-corrected chi connectivity index (χ0v) is 15.3. The van der Waals surface area contributed by atoms with Gasteiger partial charge in [-0.3, -0.25) is 4.79 Å². The van der Waals surface area contributed by atoms with Crippen LogP contribution in [-0.2, 0) is 6.54 Å². The molecule has 0 unspecified atom stereocenters. The number of nitrogens with two attached hydrogens (primary N) is 1. The van der Waals surface area contributed by atoms with Crippen LogP contribution < -0.4 is 5.73 Å². The van der Waals surface area contributed by atoms with Gasteiger partial charge in [-0.15, -0.1) is 22.7 Å². The maximum atomic E-state index is 13.2. The zero-order valence-electron chi connectivity index (χ0n) is 13.7. The number of amides is 1. The summed E-state index contributed by atoms with van der Waals surface area (Å²) in [5, 5.41) is -0.194. The van der Waals surface area contributed by atoms with Gasteiger partial charge in [0.2, 0.25) is 0 Å². The van der Waals surface area contributed by atoms with E-state index < -0.39 is 0 Å². The van der Waals surface area contributed by atoms with Gasteiger partial charge in [-0.2, -0.15) is 4.39 Å². The molecule has 0 spiro atoms. The molecule has 130 valence electrons. The van der Waals surface area contributed by atoms with Gasteiger partial charge in [0.25, 0.3) is 5.91 Å². The second-order valence-electron chi connectivity index (χ2n) is 6.41. The van der Waals surface area contributed by atoms with Crippen LogP contribution in [0.5, 0.6) is 0 Å². The predicted molar refractivity (Wildman–Crippen MR) is 102 cm³/mol. The molecule has 3 aromatic rings. The van der Waals surface area contributed by atoms with Crippen LogP contribution in [0.2, 0.25) is 0 Å². The van der Waals surface area contributed by atoms with E-state index in [1.165, 1.54) is 23.0 Å². The molecule has 3 nitrogen and oxygen atoms in total. The van der Waals surface area contributed by atoms with Crippen molar-refractivity contribution in [2.75, 3.05) is 13.1 Å². The standard InChI is InChI=1S/C19H19FN2OS2/c20-18-10-16-15(25-18)9-17(24-16)19(23)22-6-4-13(5-7-22)14-3-1-2-12(8-14)11-21/h1-3,8-10,13H,4-7,11,21H2. The topological polar surface area (TPSA) is 46.3 Å². The number of carbonyl (C=O) groups is 1. The Bertz CT molecular complexity index is 878. The van der Waals surface area contributed by atoms with E-state index in [4.69, 9.17) is 5.73 Å². The zero-order chi connectivity index (χ0) is 17.4. The first kappa shape index (κ1) is 16.7. The van der Waals surface area contributed by atoms with Crippen LogP contribution in [0.1, 0.15) is 39.6 Å². The first-order valence-electron chi connectivity index (χ1n) is 8.41. The van der Waals surface area contributed by atoms with Gasteiger partial charge in [-0.1, -0.05) is 24.3 Å². The fourth-order valence-electron chi connectivity index (χ4n) is 3.46. The molecule has 1 saturated heterocycles. The van der Waals surface area contributed by atoms with Crippen molar-refractivity contribution in [1.29, 1.82) is 0 Å². The molecule has 1 aromatic carbocycles.